The average molecular weight is 603 g/mol. The molecule has 0 radical (unpaired) electrons. The molecule has 1 fully saturated rings. The molecule has 21 heteroatoms. The third-order valence-electron chi connectivity index (χ3n) is 6.77. The summed E-state index contributed by atoms with van der Waals surface area (Å²) >= 11 is 0. The maximum atomic E-state index is 13.0. The molecule has 0 bridgehead atoms. The van der Waals surface area contributed by atoms with Gasteiger partial charge in [-0.3, -0.25) is 4.79 Å². The highest BCUT2D eigenvalue weighted by molar-refractivity contribution is 5.84. The zero-order chi connectivity index (χ0) is 31.8. The number of hydrogen-bond acceptors (Lipinski definition) is 21. The fourth-order valence-corrected chi connectivity index (χ4v) is 4.97. The van der Waals surface area contributed by atoms with Gasteiger partial charge in [0, 0.05) is 25.4 Å². The van der Waals surface area contributed by atoms with Gasteiger partial charge in [0.05, 0.1) is 5.92 Å². The van der Waals surface area contributed by atoms with Crippen molar-refractivity contribution in [3.63, 3.8) is 0 Å². The van der Waals surface area contributed by atoms with Crippen LogP contribution in [0.1, 0.15) is 30.0 Å². The number of nitrogens with zero attached hydrogens (tertiary/aromatic N) is 1. The van der Waals surface area contributed by atoms with Crippen LogP contribution in [0.15, 0.2) is 12.1 Å². The van der Waals surface area contributed by atoms with Gasteiger partial charge >= 0.3 is 24.3 Å². The summed E-state index contributed by atoms with van der Waals surface area (Å²) in [6.45, 7) is -0.414. The average Bonchev–Trinajstić information content (AvgIpc) is 2.73. The van der Waals surface area contributed by atoms with Crippen molar-refractivity contribution in [2.45, 2.75) is 66.9 Å². The monoisotopic (exact) mass is 603 g/mol. The number of hydrogen-bond donors (Lipinski definition) is 17. The molecule has 0 spiro atoms. The van der Waals surface area contributed by atoms with E-state index in [1.165, 1.54) is 0 Å². The van der Waals surface area contributed by atoms with Crippen molar-refractivity contribution < 1.29 is 101 Å². The molecule has 2 aliphatic heterocycles. The Morgan fingerprint density at radius 1 is 0.780 bits per heavy atom. The molecule has 2 heterocycles. The Morgan fingerprint density at radius 3 is 1.68 bits per heavy atom. The summed E-state index contributed by atoms with van der Waals surface area (Å²) in [5.41, 5.74) is -4.84. The van der Waals surface area contributed by atoms with Gasteiger partial charge in [0.2, 0.25) is 11.7 Å². The lowest BCUT2D eigenvalue weighted by Crippen LogP contribution is -2.79. The molecule has 2 atom stereocenters. The molecule has 0 aliphatic carbocycles. The number of carbonyl (C=O) groups is 1. The predicted molar refractivity (Wildman–Crippen MR) is 115 cm³/mol. The molecule has 1 aromatic rings. The minimum atomic E-state index is -4.90. The number of ether oxygens (including phenoxy) is 2. The van der Waals surface area contributed by atoms with Gasteiger partial charge in [0.1, 0.15) is 5.78 Å². The third-order valence-corrected chi connectivity index (χ3v) is 6.77. The van der Waals surface area contributed by atoms with E-state index in [-0.39, 0.29) is 17.5 Å². The minimum absolute atomic E-state index is 0.0857. The standard InChI is InChI=1S/C20H29NO20/c22-11-5-10-8-4-13(41-20(37,38)39)12(40-19(34,35)36)3-7(8)1-2-21(10)15(25,26)9(11)6-14(23,24)16(27,17(28,29)30)18(31,32)33/h3-4,9-10,23-39H,1-2,5-6H2. The molecule has 0 saturated carbocycles. The molecule has 3 rings (SSSR count). The van der Waals surface area contributed by atoms with Crippen molar-refractivity contribution in [3.8, 4) is 11.5 Å². The van der Waals surface area contributed by atoms with Crippen molar-refractivity contribution >= 4 is 5.78 Å². The van der Waals surface area contributed by atoms with Crippen molar-refractivity contribution in [2.75, 3.05) is 6.54 Å². The molecular formula is C20H29NO20. The Bertz CT molecular complexity index is 1140. The molecule has 2 unspecified atom stereocenters. The number of aliphatic hydroxyl groups is 17. The van der Waals surface area contributed by atoms with Gasteiger partial charge in [0.25, 0.3) is 5.60 Å². The first kappa shape index (κ1) is 33.3. The van der Waals surface area contributed by atoms with Gasteiger partial charge in [-0.25, -0.2) is 4.90 Å². The van der Waals surface area contributed by atoms with Gasteiger partial charge in [-0.05, 0) is 29.7 Å². The lowest BCUT2D eigenvalue weighted by Gasteiger charge is -2.53. The molecule has 21 nitrogen and oxygen atoms in total. The second-order valence-corrected chi connectivity index (χ2v) is 9.72. The number of carbonyl (C=O) groups excluding carboxylic acids is 1. The summed E-state index contributed by atoms with van der Waals surface area (Å²) in [6, 6.07) is 0.342. The summed E-state index contributed by atoms with van der Waals surface area (Å²) in [4.78, 5) is 13.8. The molecule has 0 aromatic heterocycles. The minimum Gasteiger partial charge on any atom is -0.413 e. The second kappa shape index (κ2) is 9.91. The van der Waals surface area contributed by atoms with E-state index in [2.05, 4.69) is 9.47 Å². The van der Waals surface area contributed by atoms with Gasteiger partial charge in [-0.1, -0.05) is 0 Å². The van der Waals surface area contributed by atoms with Crippen LogP contribution in [-0.2, 0) is 11.2 Å². The van der Waals surface area contributed by atoms with Crippen molar-refractivity contribution in [3.05, 3.63) is 23.3 Å². The van der Waals surface area contributed by atoms with E-state index >= 15 is 0 Å². The highest BCUT2D eigenvalue weighted by atomic mass is 16.9. The maximum absolute atomic E-state index is 13.0. The number of ketones is 1. The molecule has 1 aromatic carbocycles. The Morgan fingerprint density at radius 2 is 1.24 bits per heavy atom. The van der Waals surface area contributed by atoms with Crippen LogP contribution in [0.2, 0.25) is 0 Å². The largest absolute Gasteiger partial charge is 0.453 e. The normalized spacial score (nSPS) is 22.7. The number of rotatable bonds is 9. The highest BCUT2D eigenvalue weighted by Crippen LogP contribution is 2.49. The van der Waals surface area contributed by atoms with Gasteiger partial charge < -0.3 is 96.3 Å². The van der Waals surface area contributed by atoms with E-state index in [0.717, 1.165) is 17.0 Å². The van der Waals surface area contributed by atoms with Crippen LogP contribution in [0, 0.1) is 5.92 Å². The van der Waals surface area contributed by atoms with Crippen LogP contribution >= 0.6 is 0 Å². The summed E-state index contributed by atoms with van der Waals surface area (Å²) in [5.74, 6) is -23.1. The SMILES string of the molecule is O=C1CC2c3cc(OC(O)(O)O)c(OC(O)(O)O)cc3CCN2C(O)(O)C1CC(O)(O)C(O)(C(O)(O)O)C(O)(O)O. The van der Waals surface area contributed by atoms with Crippen LogP contribution in [-0.4, -0.2) is 146 Å². The highest BCUT2D eigenvalue weighted by Gasteiger charge is 2.74. The van der Waals surface area contributed by atoms with E-state index < -0.39 is 90.2 Å². The van der Waals surface area contributed by atoms with Crippen molar-refractivity contribution in [1.82, 2.24) is 4.90 Å². The maximum Gasteiger partial charge on any atom is 0.453 e. The summed E-state index contributed by atoms with van der Waals surface area (Å²) < 4.78 is 8.86. The van der Waals surface area contributed by atoms with E-state index in [9.17, 15) is 76.3 Å². The summed E-state index contributed by atoms with van der Waals surface area (Å²) in [7, 11) is 0. The second-order valence-electron chi connectivity index (χ2n) is 9.72. The Hall–Kier alpha value is -2.23. The zero-order valence-electron chi connectivity index (χ0n) is 20.4. The van der Waals surface area contributed by atoms with E-state index in [4.69, 9.17) is 15.3 Å². The number of benzene rings is 1. The summed E-state index contributed by atoms with van der Waals surface area (Å²) in [5, 5.41) is 164. The zero-order valence-corrected chi connectivity index (χ0v) is 20.4. The van der Waals surface area contributed by atoms with Gasteiger partial charge in [0.15, 0.2) is 11.5 Å². The van der Waals surface area contributed by atoms with Crippen LogP contribution in [0.4, 0.5) is 0 Å². The summed E-state index contributed by atoms with van der Waals surface area (Å²) in [6.07, 6.45) is -10.6. The third kappa shape index (κ3) is 6.13. The van der Waals surface area contributed by atoms with Crippen molar-refractivity contribution in [2.24, 2.45) is 5.92 Å². The predicted octanol–water partition coefficient (Wildman–Crippen LogP) is -9.19. The fourth-order valence-electron chi connectivity index (χ4n) is 4.97. The first-order valence-electron chi connectivity index (χ1n) is 11.3. The molecule has 0 amide bonds. The quantitative estimate of drug-likeness (QED) is 0.116. The van der Waals surface area contributed by atoms with Gasteiger partial charge in [-0.2, -0.15) is 0 Å². The van der Waals surface area contributed by atoms with Crippen LogP contribution in [0.5, 0.6) is 11.5 Å². The fraction of sp³-hybridized carbons (Fsp3) is 0.650. The van der Waals surface area contributed by atoms with Crippen LogP contribution < -0.4 is 9.47 Å². The Balaban J connectivity index is 2.04. The van der Waals surface area contributed by atoms with Crippen LogP contribution in [0.25, 0.3) is 0 Å². The topological polar surface area (TPSA) is 383 Å². The van der Waals surface area contributed by atoms with Gasteiger partial charge in [-0.15, -0.1) is 0 Å². The molecule has 1 saturated heterocycles. The molecule has 17 N–H and O–H groups in total. The number of piperidine rings is 1. The molecule has 234 valence electrons. The number of Topliss-reactive ketones (excluding diaryl/α,β-unsaturated/α-hetero) is 1. The lowest BCUT2D eigenvalue weighted by atomic mass is 9.74. The smallest absolute Gasteiger partial charge is 0.413 e. The molecule has 2 aliphatic rings. The molecule has 41 heavy (non-hydrogen) atoms. The van der Waals surface area contributed by atoms with Crippen LogP contribution in [0.3, 0.4) is 0 Å². The van der Waals surface area contributed by atoms with E-state index in [1.807, 2.05) is 0 Å². The Labute approximate surface area is 226 Å². The van der Waals surface area contributed by atoms with E-state index in [0.29, 0.717) is 0 Å². The van der Waals surface area contributed by atoms with Crippen molar-refractivity contribution in [1.29, 1.82) is 0 Å². The number of fused-ring (bicyclic) bond motifs is 3. The lowest BCUT2D eigenvalue weighted by molar-refractivity contribution is -0.543. The van der Waals surface area contributed by atoms with E-state index in [1.54, 1.807) is 0 Å². The molecular weight excluding hydrogens is 574 g/mol. The first-order chi connectivity index (χ1) is 18.1. The first-order valence-corrected chi connectivity index (χ1v) is 11.3. The Kier molecular flexibility index (Phi) is 8.05.